The monoisotopic (exact) mass is 358 g/mol. The maximum absolute atomic E-state index is 12.1. The van der Waals surface area contributed by atoms with Gasteiger partial charge in [-0.15, -0.1) is 0 Å². The summed E-state index contributed by atoms with van der Waals surface area (Å²) in [7, 11) is 0. The van der Waals surface area contributed by atoms with E-state index in [-0.39, 0.29) is 11.8 Å². The van der Waals surface area contributed by atoms with Crippen molar-refractivity contribution in [3.05, 3.63) is 23.9 Å². The molecule has 4 rings (SSSR count). The molecule has 0 aliphatic heterocycles. The number of anilines is 1. The lowest BCUT2D eigenvalue weighted by molar-refractivity contribution is -0.117. The fourth-order valence-electron chi connectivity index (χ4n) is 3.76. The van der Waals surface area contributed by atoms with E-state index in [1.54, 1.807) is 0 Å². The van der Waals surface area contributed by atoms with Crippen molar-refractivity contribution in [3.63, 3.8) is 0 Å². The quantitative estimate of drug-likeness (QED) is 0.677. The van der Waals surface area contributed by atoms with Crippen LogP contribution in [-0.2, 0) is 4.79 Å². The predicted octanol–water partition coefficient (Wildman–Crippen LogP) is 4.20. The number of aromatic amines is 1. The summed E-state index contributed by atoms with van der Waals surface area (Å²) in [5, 5.41) is 4.21. The molecule has 0 bridgehead atoms. The first kappa shape index (κ1) is 16.9. The van der Waals surface area contributed by atoms with Crippen molar-refractivity contribution in [1.29, 1.82) is 0 Å². The Morgan fingerprint density at radius 1 is 1.28 bits per heavy atom. The number of pyridine rings is 1. The molecular formula is C19H26N4OS. The summed E-state index contributed by atoms with van der Waals surface area (Å²) in [5.74, 6) is 2.67. The Kier molecular flexibility index (Phi) is 4.99. The van der Waals surface area contributed by atoms with Crippen molar-refractivity contribution in [3.8, 4) is 0 Å². The number of amides is 1. The first-order valence-corrected chi connectivity index (χ1v) is 10.4. The summed E-state index contributed by atoms with van der Waals surface area (Å²) >= 11 is 1.82. The molecule has 0 atom stereocenters. The van der Waals surface area contributed by atoms with E-state index >= 15 is 0 Å². The second-order valence-electron chi connectivity index (χ2n) is 7.20. The average Bonchev–Trinajstić information content (AvgIpc) is 3.38. The lowest BCUT2D eigenvalue weighted by atomic mass is 9.81. The number of aromatic nitrogens is 2. The van der Waals surface area contributed by atoms with E-state index in [0.29, 0.717) is 17.8 Å². The zero-order valence-electron chi connectivity index (χ0n) is 14.7. The maximum atomic E-state index is 12.1. The van der Waals surface area contributed by atoms with Gasteiger partial charge in [-0.1, -0.05) is 18.9 Å². The number of nitrogens with zero attached hydrogens (tertiary/aromatic N) is 1. The highest BCUT2D eigenvalue weighted by molar-refractivity contribution is 7.97. The van der Waals surface area contributed by atoms with Gasteiger partial charge < -0.3 is 10.3 Å². The third-order valence-corrected chi connectivity index (χ3v) is 6.11. The highest BCUT2D eigenvalue weighted by Crippen LogP contribution is 2.38. The van der Waals surface area contributed by atoms with Gasteiger partial charge in [0.15, 0.2) is 0 Å². The molecule has 0 aromatic carbocycles. The van der Waals surface area contributed by atoms with Gasteiger partial charge in [0, 0.05) is 29.3 Å². The highest BCUT2D eigenvalue weighted by Gasteiger charge is 2.30. The van der Waals surface area contributed by atoms with E-state index < -0.39 is 0 Å². The highest BCUT2D eigenvalue weighted by atomic mass is 32.2. The lowest BCUT2D eigenvalue weighted by Crippen LogP contribution is -2.28. The second kappa shape index (κ2) is 7.38. The molecule has 1 amide bonds. The average molecular weight is 359 g/mol. The molecule has 0 saturated heterocycles. The Hall–Kier alpha value is -1.53. The Labute approximate surface area is 152 Å². The van der Waals surface area contributed by atoms with E-state index in [0.717, 1.165) is 24.2 Å². The fourth-order valence-corrected chi connectivity index (χ4v) is 4.40. The van der Waals surface area contributed by atoms with E-state index in [1.165, 1.54) is 36.6 Å². The van der Waals surface area contributed by atoms with Gasteiger partial charge >= 0.3 is 0 Å². The molecule has 6 heteroatoms. The van der Waals surface area contributed by atoms with Gasteiger partial charge in [0.1, 0.15) is 11.5 Å². The molecule has 2 aliphatic carbocycles. The van der Waals surface area contributed by atoms with Crippen LogP contribution in [0.2, 0.25) is 0 Å². The molecule has 2 fully saturated rings. The number of carbonyl (C=O) groups is 1. The van der Waals surface area contributed by atoms with Crippen molar-refractivity contribution in [2.45, 2.75) is 57.4 Å². The van der Waals surface area contributed by atoms with Gasteiger partial charge in [0.25, 0.3) is 0 Å². The number of nitrogens with one attached hydrogen (secondary N) is 3. The molecule has 0 radical (unpaired) electrons. The van der Waals surface area contributed by atoms with Crippen LogP contribution in [0, 0.1) is 5.92 Å². The first-order chi connectivity index (χ1) is 12.2. The molecule has 2 aliphatic rings. The number of H-pyrrole nitrogens is 1. The van der Waals surface area contributed by atoms with Crippen molar-refractivity contribution in [2.24, 2.45) is 5.92 Å². The number of hydrogen-bond acceptors (Lipinski definition) is 4. The standard InChI is InChI=1S/C19H26N4OS/c1-2-25-23-14-7-5-12(6-8-14)16-11-17(22-19(24)13-3-4-13)21-18-15(16)9-10-20-18/h9-14,23H,2-8H2,1H3,(H2,20,21,22,24). The largest absolute Gasteiger partial charge is 0.346 e. The van der Waals surface area contributed by atoms with Gasteiger partial charge in [0.05, 0.1) is 0 Å². The van der Waals surface area contributed by atoms with E-state index in [9.17, 15) is 4.79 Å². The number of rotatable bonds is 6. The Balaban J connectivity index is 1.52. The van der Waals surface area contributed by atoms with Gasteiger partial charge in [-0.25, -0.2) is 4.98 Å². The first-order valence-electron chi connectivity index (χ1n) is 9.40. The van der Waals surface area contributed by atoms with Gasteiger partial charge in [-0.05, 0) is 62.1 Å². The summed E-state index contributed by atoms with van der Waals surface area (Å²) < 4.78 is 3.57. The zero-order valence-corrected chi connectivity index (χ0v) is 15.5. The molecule has 0 spiro atoms. The molecule has 5 nitrogen and oxygen atoms in total. The summed E-state index contributed by atoms with van der Waals surface area (Å²) in [6.07, 6.45) is 8.74. The minimum Gasteiger partial charge on any atom is -0.346 e. The Morgan fingerprint density at radius 2 is 2.08 bits per heavy atom. The van der Waals surface area contributed by atoms with Crippen LogP contribution in [0.25, 0.3) is 11.0 Å². The summed E-state index contributed by atoms with van der Waals surface area (Å²) in [4.78, 5) is 19.9. The Bertz CT molecular complexity index is 747. The number of carbonyl (C=O) groups excluding carboxylic acids is 1. The molecule has 25 heavy (non-hydrogen) atoms. The topological polar surface area (TPSA) is 69.8 Å². The van der Waals surface area contributed by atoms with Gasteiger partial charge in [-0.2, -0.15) is 0 Å². The normalized spacial score (nSPS) is 23.7. The van der Waals surface area contributed by atoms with Crippen LogP contribution in [0.3, 0.4) is 0 Å². The van der Waals surface area contributed by atoms with Crippen LogP contribution in [-0.4, -0.2) is 27.7 Å². The van der Waals surface area contributed by atoms with Crippen molar-refractivity contribution < 1.29 is 4.79 Å². The van der Waals surface area contributed by atoms with E-state index in [1.807, 2.05) is 18.1 Å². The van der Waals surface area contributed by atoms with Gasteiger partial charge in [-0.3, -0.25) is 9.52 Å². The molecule has 3 N–H and O–H groups in total. The summed E-state index contributed by atoms with van der Waals surface area (Å²) in [6.45, 7) is 2.18. The summed E-state index contributed by atoms with van der Waals surface area (Å²) in [6, 6.07) is 4.84. The van der Waals surface area contributed by atoms with Crippen LogP contribution < -0.4 is 10.0 Å². The molecule has 2 heterocycles. The van der Waals surface area contributed by atoms with E-state index in [4.69, 9.17) is 0 Å². The van der Waals surface area contributed by atoms with Crippen LogP contribution in [0.1, 0.15) is 56.9 Å². The number of fused-ring (bicyclic) bond motifs is 1. The van der Waals surface area contributed by atoms with Crippen molar-refractivity contribution in [2.75, 3.05) is 11.1 Å². The maximum Gasteiger partial charge on any atom is 0.228 e. The van der Waals surface area contributed by atoms with Crippen LogP contribution in [0.4, 0.5) is 5.82 Å². The van der Waals surface area contributed by atoms with Crippen LogP contribution >= 0.6 is 11.9 Å². The molecule has 2 aromatic heterocycles. The predicted molar refractivity (Wildman–Crippen MR) is 104 cm³/mol. The fraction of sp³-hybridized carbons (Fsp3) is 0.579. The third kappa shape index (κ3) is 3.85. The van der Waals surface area contributed by atoms with Crippen molar-refractivity contribution in [1.82, 2.24) is 14.7 Å². The second-order valence-corrected chi connectivity index (χ2v) is 8.30. The van der Waals surface area contributed by atoms with Crippen LogP contribution in [0.5, 0.6) is 0 Å². The molecule has 0 unspecified atom stereocenters. The van der Waals surface area contributed by atoms with E-state index in [2.05, 4.69) is 39.1 Å². The minimum atomic E-state index is 0.119. The SMILES string of the molecule is CCSNC1CCC(c2cc(NC(=O)C3CC3)nc3[nH]ccc23)CC1. The third-order valence-electron chi connectivity index (χ3n) is 5.32. The molecule has 2 saturated carbocycles. The molecule has 134 valence electrons. The van der Waals surface area contributed by atoms with Crippen molar-refractivity contribution >= 4 is 34.7 Å². The minimum absolute atomic E-state index is 0.119. The molecule has 2 aromatic rings. The summed E-state index contributed by atoms with van der Waals surface area (Å²) in [5.41, 5.74) is 2.21. The smallest absolute Gasteiger partial charge is 0.228 e. The van der Waals surface area contributed by atoms with Gasteiger partial charge in [0.2, 0.25) is 5.91 Å². The zero-order chi connectivity index (χ0) is 17.2. The lowest BCUT2D eigenvalue weighted by Gasteiger charge is -2.29. The van der Waals surface area contributed by atoms with Crippen LogP contribution in [0.15, 0.2) is 18.3 Å². The number of hydrogen-bond donors (Lipinski definition) is 3. The Morgan fingerprint density at radius 3 is 2.80 bits per heavy atom. The molecular weight excluding hydrogens is 332 g/mol.